The predicted octanol–water partition coefficient (Wildman–Crippen LogP) is 11.4. The van der Waals surface area contributed by atoms with E-state index in [1.54, 1.807) is 0 Å². The summed E-state index contributed by atoms with van der Waals surface area (Å²) in [6.07, 6.45) is 37.1. The van der Waals surface area contributed by atoms with Gasteiger partial charge in [0.2, 0.25) is 0 Å². The highest BCUT2D eigenvalue weighted by atomic mass is 14.1. The van der Waals surface area contributed by atoms with E-state index in [9.17, 15) is 0 Å². The Balaban J connectivity index is 3.03. The summed E-state index contributed by atoms with van der Waals surface area (Å²) in [6.45, 7) is 10.3. The van der Waals surface area contributed by atoms with Crippen LogP contribution in [0.4, 0.5) is 0 Å². The molecular formula is C30H60. The summed E-state index contributed by atoms with van der Waals surface area (Å²) in [5.41, 5.74) is 0. The van der Waals surface area contributed by atoms with Gasteiger partial charge in [-0.1, -0.05) is 188 Å². The third-order valence-corrected chi connectivity index (χ3v) is 6.89. The highest BCUT2D eigenvalue weighted by Crippen LogP contribution is 2.18. The Labute approximate surface area is 193 Å². The maximum atomic E-state index is 3.95. The molecular weight excluding hydrogens is 360 g/mol. The van der Waals surface area contributed by atoms with Crippen molar-refractivity contribution in [2.75, 3.05) is 0 Å². The van der Waals surface area contributed by atoms with Crippen molar-refractivity contribution in [3.63, 3.8) is 0 Å². The van der Waals surface area contributed by atoms with E-state index in [4.69, 9.17) is 0 Å². The minimum atomic E-state index is 0.926. The van der Waals surface area contributed by atoms with E-state index in [0.29, 0.717) is 0 Å². The normalized spacial score (nSPS) is 12.5. The second kappa shape index (κ2) is 27.0. The van der Waals surface area contributed by atoms with Crippen molar-refractivity contribution in [2.45, 2.75) is 174 Å². The third kappa shape index (κ3) is 26.0. The van der Waals surface area contributed by atoms with Crippen molar-refractivity contribution in [3.8, 4) is 0 Å². The Morgan fingerprint density at radius 2 is 0.567 bits per heavy atom. The highest BCUT2D eigenvalue weighted by molar-refractivity contribution is 4.56. The molecule has 0 saturated heterocycles. The van der Waals surface area contributed by atoms with Crippen LogP contribution in [0.5, 0.6) is 0 Å². The van der Waals surface area contributed by atoms with E-state index in [1.807, 2.05) is 0 Å². The molecule has 0 fully saturated rings. The average molecular weight is 421 g/mol. The fourth-order valence-corrected chi connectivity index (χ4v) is 4.67. The molecule has 0 aromatic carbocycles. The molecule has 0 aromatic heterocycles. The minimum absolute atomic E-state index is 0.926. The number of hydrogen-bond acceptors (Lipinski definition) is 0. The number of unbranched alkanes of at least 4 members (excludes halogenated alkanes) is 22. The molecule has 0 amide bonds. The van der Waals surface area contributed by atoms with Crippen molar-refractivity contribution in [1.82, 2.24) is 0 Å². The van der Waals surface area contributed by atoms with E-state index >= 15 is 0 Å². The van der Waals surface area contributed by atoms with E-state index in [2.05, 4.69) is 20.8 Å². The van der Waals surface area contributed by atoms with Crippen LogP contribution < -0.4 is 0 Å². The zero-order chi connectivity index (χ0) is 22.0. The zero-order valence-corrected chi connectivity index (χ0v) is 21.4. The number of rotatable bonds is 26. The molecule has 0 N–H and O–H groups in total. The van der Waals surface area contributed by atoms with Gasteiger partial charge in [0.1, 0.15) is 0 Å². The first-order valence-corrected chi connectivity index (χ1v) is 14.4. The molecule has 1 atom stereocenters. The predicted molar refractivity (Wildman–Crippen MR) is 140 cm³/mol. The van der Waals surface area contributed by atoms with Crippen LogP contribution >= 0.6 is 0 Å². The summed E-state index contributed by atoms with van der Waals surface area (Å²) in [4.78, 5) is 0. The van der Waals surface area contributed by atoms with Gasteiger partial charge in [0.15, 0.2) is 0 Å². The maximum Gasteiger partial charge on any atom is -0.0443 e. The summed E-state index contributed by atoms with van der Waals surface area (Å²) >= 11 is 0. The molecule has 0 aromatic rings. The molecule has 0 aliphatic rings. The molecule has 1 unspecified atom stereocenters. The molecule has 0 nitrogen and oxygen atoms in total. The van der Waals surface area contributed by atoms with E-state index in [0.717, 1.165) is 18.8 Å². The molecule has 0 spiro atoms. The summed E-state index contributed by atoms with van der Waals surface area (Å²) in [5.74, 6) is 0.926. The van der Waals surface area contributed by atoms with Crippen molar-refractivity contribution in [3.05, 3.63) is 13.8 Å². The van der Waals surface area contributed by atoms with Crippen LogP contribution in [0.2, 0.25) is 0 Å². The summed E-state index contributed by atoms with van der Waals surface area (Å²) in [5, 5.41) is 0. The smallest absolute Gasteiger partial charge is 0.0443 e. The van der Waals surface area contributed by atoms with Gasteiger partial charge in [-0.05, 0) is 5.92 Å². The first-order chi connectivity index (χ1) is 14.8. The Morgan fingerprint density at radius 3 is 0.867 bits per heavy atom. The van der Waals surface area contributed by atoms with Gasteiger partial charge >= 0.3 is 0 Å². The van der Waals surface area contributed by atoms with Gasteiger partial charge in [-0.3, -0.25) is 0 Å². The van der Waals surface area contributed by atoms with Gasteiger partial charge < -0.3 is 0 Å². The van der Waals surface area contributed by atoms with Crippen LogP contribution in [0, 0.1) is 19.8 Å². The van der Waals surface area contributed by atoms with Crippen molar-refractivity contribution >= 4 is 0 Å². The molecule has 0 heteroatoms. The second-order valence-electron chi connectivity index (χ2n) is 10.2. The van der Waals surface area contributed by atoms with Gasteiger partial charge in [0, 0.05) is 0 Å². The van der Waals surface area contributed by atoms with Gasteiger partial charge in [0.05, 0.1) is 0 Å². The molecule has 0 rings (SSSR count). The largest absolute Gasteiger partial charge is 0.0625 e. The minimum Gasteiger partial charge on any atom is -0.0625 e. The lowest BCUT2D eigenvalue weighted by Crippen LogP contribution is -1.94. The fourth-order valence-electron chi connectivity index (χ4n) is 4.67. The van der Waals surface area contributed by atoms with Crippen molar-refractivity contribution in [2.24, 2.45) is 5.92 Å². The monoisotopic (exact) mass is 420 g/mol. The Hall–Kier alpha value is 0. The Kier molecular flexibility index (Phi) is 27.0. The molecule has 0 heterocycles. The van der Waals surface area contributed by atoms with Crippen molar-refractivity contribution in [1.29, 1.82) is 0 Å². The molecule has 0 saturated carbocycles. The molecule has 0 bridgehead atoms. The second-order valence-corrected chi connectivity index (χ2v) is 10.2. The first kappa shape index (κ1) is 30.0. The summed E-state index contributed by atoms with van der Waals surface area (Å²) < 4.78 is 0. The van der Waals surface area contributed by atoms with Crippen molar-refractivity contribution < 1.29 is 0 Å². The Morgan fingerprint density at radius 1 is 0.333 bits per heavy atom. The lowest BCUT2D eigenvalue weighted by Gasteiger charge is -2.10. The molecule has 0 aliphatic heterocycles. The van der Waals surface area contributed by atoms with E-state index in [-0.39, 0.29) is 0 Å². The van der Waals surface area contributed by atoms with Crippen LogP contribution in [-0.4, -0.2) is 0 Å². The first-order valence-electron chi connectivity index (χ1n) is 14.4. The summed E-state index contributed by atoms with van der Waals surface area (Å²) in [6, 6.07) is 0. The SMILES string of the molecule is [CH2]CCCCCCCCCCCCCCCCCCCCCCCC(C)CCC[CH2]. The van der Waals surface area contributed by atoms with E-state index in [1.165, 1.54) is 154 Å². The molecule has 2 radical (unpaired) electrons. The fraction of sp³-hybridized carbons (Fsp3) is 0.933. The zero-order valence-electron chi connectivity index (χ0n) is 21.4. The summed E-state index contributed by atoms with van der Waals surface area (Å²) in [7, 11) is 0. The topological polar surface area (TPSA) is 0 Å². The molecule has 180 valence electrons. The maximum absolute atomic E-state index is 3.95. The van der Waals surface area contributed by atoms with Crippen LogP contribution in [0.1, 0.15) is 174 Å². The molecule has 30 heavy (non-hydrogen) atoms. The third-order valence-electron chi connectivity index (χ3n) is 6.89. The van der Waals surface area contributed by atoms with Crippen LogP contribution in [0.15, 0.2) is 0 Å². The Bertz CT molecular complexity index is 282. The highest BCUT2D eigenvalue weighted by Gasteiger charge is 2.01. The van der Waals surface area contributed by atoms with Crippen LogP contribution in [0.25, 0.3) is 0 Å². The van der Waals surface area contributed by atoms with Gasteiger partial charge in [0.25, 0.3) is 0 Å². The van der Waals surface area contributed by atoms with E-state index < -0.39 is 0 Å². The van der Waals surface area contributed by atoms with Gasteiger partial charge in [-0.25, -0.2) is 0 Å². The quantitative estimate of drug-likeness (QED) is 0.122. The van der Waals surface area contributed by atoms with Gasteiger partial charge in [-0.15, -0.1) is 0 Å². The average Bonchev–Trinajstić information content (AvgIpc) is 2.75. The van der Waals surface area contributed by atoms with Crippen LogP contribution in [-0.2, 0) is 0 Å². The lowest BCUT2D eigenvalue weighted by molar-refractivity contribution is 0.443. The lowest BCUT2D eigenvalue weighted by atomic mass is 9.97. The van der Waals surface area contributed by atoms with Gasteiger partial charge in [-0.2, -0.15) is 0 Å². The number of hydrogen-bond donors (Lipinski definition) is 0. The molecule has 0 aliphatic carbocycles. The standard InChI is InChI=1S/C30H60/c1-4-6-8-9-10-11-12-13-14-15-16-17-18-19-20-21-22-23-24-25-26-27-29-30(3)28-7-5-2/h30H,1-2,4-29H2,3H3. The van der Waals surface area contributed by atoms with Crippen LogP contribution in [0.3, 0.4) is 0 Å².